The van der Waals surface area contributed by atoms with E-state index in [4.69, 9.17) is 10.2 Å². The Balaban J connectivity index is 2.05. The predicted octanol–water partition coefficient (Wildman–Crippen LogP) is 1.68. The van der Waals surface area contributed by atoms with Crippen LogP contribution in [0.4, 0.5) is 0 Å². The molecule has 1 aliphatic heterocycles. The quantitative estimate of drug-likeness (QED) is 0.779. The molecule has 78 valence electrons. The van der Waals surface area contributed by atoms with E-state index in [2.05, 4.69) is 17.9 Å². The van der Waals surface area contributed by atoms with Crippen LogP contribution in [-0.2, 0) is 0 Å². The maximum absolute atomic E-state index is 5.87. The summed E-state index contributed by atoms with van der Waals surface area (Å²) in [5.41, 5.74) is 5.87. The molecule has 1 saturated heterocycles. The topological polar surface area (TPSA) is 42.4 Å². The van der Waals surface area contributed by atoms with Gasteiger partial charge >= 0.3 is 0 Å². The Labute approximate surface area is 84.9 Å². The highest BCUT2D eigenvalue weighted by molar-refractivity contribution is 5.09. The monoisotopic (exact) mass is 194 g/mol. The SMILES string of the molecule is Cc1ccc(C(C)N2CCC(N)C2)o1. The fourth-order valence-corrected chi connectivity index (χ4v) is 2.03. The van der Waals surface area contributed by atoms with Gasteiger partial charge in [-0.1, -0.05) is 0 Å². The summed E-state index contributed by atoms with van der Waals surface area (Å²) < 4.78 is 5.61. The summed E-state index contributed by atoms with van der Waals surface area (Å²) in [6, 6.07) is 4.77. The first-order valence-electron chi connectivity index (χ1n) is 5.23. The van der Waals surface area contributed by atoms with Gasteiger partial charge in [-0.3, -0.25) is 4.90 Å². The molecule has 0 radical (unpaired) electrons. The second kappa shape index (κ2) is 3.75. The highest BCUT2D eigenvalue weighted by Gasteiger charge is 2.25. The molecule has 2 heterocycles. The molecule has 1 fully saturated rings. The standard InChI is InChI=1S/C11H18N2O/c1-8-3-4-11(14-8)9(2)13-6-5-10(12)7-13/h3-4,9-10H,5-7,12H2,1-2H3. The van der Waals surface area contributed by atoms with Gasteiger partial charge in [0.15, 0.2) is 0 Å². The van der Waals surface area contributed by atoms with Crippen molar-refractivity contribution in [3.63, 3.8) is 0 Å². The molecule has 3 nitrogen and oxygen atoms in total. The molecule has 2 N–H and O–H groups in total. The van der Waals surface area contributed by atoms with Crippen LogP contribution < -0.4 is 5.73 Å². The third-order valence-corrected chi connectivity index (χ3v) is 2.98. The minimum atomic E-state index is 0.341. The van der Waals surface area contributed by atoms with Crippen LogP contribution >= 0.6 is 0 Å². The Morgan fingerprint density at radius 3 is 2.86 bits per heavy atom. The second-order valence-electron chi connectivity index (χ2n) is 4.17. The summed E-state index contributed by atoms with van der Waals surface area (Å²) in [6.45, 7) is 6.23. The molecule has 0 spiro atoms. The molecule has 2 unspecified atom stereocenters. The molecule has 0 saturated carbocycles. The Hall–Kier alpha value is -0.800. The Morgan fingerprint density at radius 1 is 1.57 bits per heavy atom. The average Bonchev–Trinajstić information content (AvgIpc) is 2.73. The Bertz CT molecular complexity index is 308. The van der Waals surface area contributed by atoms with Crippen LogP contribution in [0.1, 0.15) is 30.9 Å². The van der Waals surface area contributed by atoms with E-state index < -0.39 is 0 Å². The van der Waals surface area contributed by atoms with Crippen LogP contribution in [0.15, 0.2) is 16.5 Å². The van der Waals surface area contributed by atoms with Crippen LogP contribution in [0.3, 0.4) is 0 Å². The Morgan fingerprint density at radius 2 is 2.36 bits per heavy atom. The molecule has 0 amide bonds. The first kappa shape index (κ1) is 9.74. The van der Waals surface area contributed by atoms with Crippen molar-refractivity contribution < 1.29 is 4.42 Å². The highest BCUT2D eigenvalue weighted by Crippen LogP contribution is 2.25. The zero-order chi connectivity index (χ0) is 10.1. The van der Waals surface area contributed by atoms with Gasteiger partial charge in [-0.25, -0.2) is 0 Å². The number of aryl methyl sites for hydroxylation is 1. The van der Waals surface area contributed by atoms with Crippen LogP contribution in [0.2, 0.25) is 0 Å². The molecule has 0 aliphatic carbocycles. The zero-order valence-corrected chi connectivity index (χ0v) is 8.86. The summed E-state index contributed by atoms with van der Waals surface area (Å²) >= 11 is 0. The lowest BCUT2D eigenvalue weighted by molar-refractivity contribution is 0.227. The van der Waals surface area contributed by atoms with Gasteiger partial charge in [0.1, 0.15) is 11.5 Å². The molecular weight excluding hydrogens is 176 g/mol. The summed E-state index contributed by atoms with van der Waals surface area (Å²) in [4.78, 5) is 2.38. The van der Waals surface area contributed by atoms with Crippen molar-refractivity contribution in [1.29, 1.82) is 0 Å². The molecule has 2 rings (SSSR count). The average molecular weight is 194 g/mol. The van der Waals surface area contributed by atoms with Gasteiger partial charge in [-0.15, -0.1) is 0 Å². The first-order valence-corrected chi connectivity index (χ1v) is 5.23. The molecule has 0 aromatic carbocycles. The maximum atomic E-state index is 5.87. The van der Waals surface area contributed by atoms with Crippen molar-refractivity contribution in [2.45, 2.75) is 32.4 Å². The lowest BCUT2D eigenvalue weighted by Gasteiger charge is -2.21. The van der Waals surface area contributed by atoms with Crippen molar-refractivity contribution >= 4 is 0 Å². The number of nitrogens with two attached hydrogens (primary N) is 1. The van der Waals surface area contributed by atoms with Crippen LogP contribution in [-0.4, -0.2) is 24.0 Å². The van der Waals surface area contributed by atoms with Gasteiger partial charge < -0.3 is 10.2 Å². The smallest absolute Gasteiger partial charge is 0.121 e. The number of furan rings is 1. The van der Waals surface area contributed by atoms with E-state index in [9.17, 15) is 0 Å². The molecule has 1 aromatic rings. The highest BCUT2D eigenvalue weighted by atomic mass is 16.3. The fourth-order valence-electron chi connectivity index (χ4n) is 2.03. The third-order valence-electron chi connectivity index (χ3n) is 2.98. The van der Waals surface area contributed by atoms with Crippen LogP contribution in [0, 0.1) is 6.92 Å². The molecule has 14 heavy (non-hydrogen) atoms. The van der Waals surface area contributed by atoms with E-state index in [1.54, 1.807) is 0 Å². The summed E-state index contributed by atoms with van der Waals surface area (Å²) in [7, 11) is 0. The third kappa shape index (κ3) is 1.83. The summed E-state index contributed by atoms with van der Waals surface area (Å²) in [5.74, 6) is 2.03. The lowest BCUT2D eigenvalue weighted by atomic mass is 10.2. The number of rotatable bonds is 2. The second-order valence-corrected chi connectivity index (χ2v) is 4.17. The van der Waals surface area contributed by atoms with Crippen molar-refractivity contribution in [3.05, 3.63) is 23.7 Å². The van der Waals surface area contributed by atoms with E-state index in [1.165, 1.54) is 0 Å². The normalized spacial score (nSPS) is 25.5. The van der Waals surface area contributed by atoms with Crippen molar-refractivity contribution in [3.8, 4) is 0 Å². The largest absolute Gasteiger partial charge is 0.465 e. The van der Waals surface area contributed by atoms with E-state index in [0.717, 1.165) is 31.0 Å². The first-order chi connectivity index (χ1) is 6.66. The summed E-state index contributed by atoms with van der Waals surface area (Å²) in [5, 5.41) is 0. The van der Waals surface area contributed by atoms with Crippen LogP contribution in [0.5, 0.6) is 0 Å². The van der Waals surface area contributed by atoms with E-state index in [1.807, 2.05) is 13.0 Å². The number of likely N-dealkylation sites (tertiary alicyclic amines) is 1. The molecule has 3 heteroatoms. The molecular formula is C11H18N2O. The van der Waals surface area contributed by atoms with Crippen molar-refractivity contribution in [2.75, 3.05) is 13.1 Å². The van der Waals surface area contributed by atoms with Gasteiger partial charge in [-0.2, -0.15) is 0 Å². The van der Waals surface area contributed by atoms with Gasteiger partial charge in [0.2, 0.25) is 0 Å². The minimum absolute atomic E-state index is 0.341. The van der Waals surface area contributed by atoms with E-state index in [0.29, 0.717) is 12.1 Å². The molecule has 1 aromatic heterocycles. The number of hydrogen-bond acceptors (Lipinski definition) is 3. The zero-order valence-electron chi connectivity index (χ0n) is 8.86. The van der Waals surface area contributed by atoms with Gasteiger partial charge in [0.25, 0.3) is 0 Å². The van der Waals surface area contributed by atoms with Gasteiger partial charge in [0.05, 0.1) is 6.04 Å². The molecule has 1 aliphatic rings. The van der Waals surface area contributed by atoms with Gasteiger partial charge in [0, 0.05) is 19.1 Å². The van der Waals surface area contributed by atoms with E-state index >= 15 is 0 Å². The minimum Gasteiger partial charge on any atom is -0.465 e. The predicted molar refractivity (Wildman–Crippen MR) is 56.0 cm³/mol. The molecule has 0 bridgehead atoms. The fraction of sp³-hybridized carbons (Fsp3) is 0.636. The van der Waals surface area contributed by atoms with Crippen LogP contribution in [0.25, 0.3) is 0 Å². The molecule has 2 atom stereocenters. The summed E-state index contributed by atoms with van der Waals surface area (Å²) in [6.07, 6.45) is 1.10. The number of nitrogens with zero attached hydrogens (tertiary/aromatic N) is 1. The lowest BCUT2D eigenvalue weighted by Crippen LogP contribution is -2.28. The number of hydrogen-bond donors (Lipinski definition) is 1. The van der Waals surface area contributed by atoms with Crippen molar-refractivity contribution in [1.82, 2.24) is 4.90 Å². The van der Waals surface area contributed by atoms with Gasteiger partial charge in [-0.05, 0) is 32.4 Å². The Kier molecular flexibility index (Phi) is 2.61. The maximum Gasteiger partial charge on any atom is 0.121 e. The van der Waals surface area contributed by atoms with E-state index in [-0.39, 0.29) is 0 Å². The van der Waals surface area contributed by atoms with Crippen molar-refractivity contribution in [2.24, 2.45) is 5.73 Å².